The SMILES string of the molecule is NC(=O)c1ccc(Cn2cccc(C(=O)O)c2=O)c(Cl)c1. The zero-order chi connectivity index (χ0) is 15.6. The number of aromatic carboxylic acids is 1. The highest BCUT2D eigenvalue weighted by atomic mass is 35.5. The summed E-state index contributed by atoms with van der Waals surface area (Å²) in [6.45, 7) is 0.0951. The van der Waals surface area contributed by atoms with Crippen molar-refractivity contribution in [3.05, 3.63) is 68.6 Å². The Hall–Kier alpha value is -2.60. The lowest BCUT2D eigenvalue weighted by Crippen LogP contribution is -2.26. The van der Waals surface area contributed by atoms with Gasteiger partial charge < -0.3 is 15.4 Å². The number of aromatic nitrogens is 1. The molecule has 1 aromatic carbocycles. The van der Waals surface area contributed by atoms with E-state index in [0.29, 0.717) is 5.56 Å². The standard InChI is InChI=1S/C14H11ClN2O4/c15-11-6-8(12(16)18)3-4-9(11)7-17-5-1-2-10(13(17)19)14(20)21/h1-6H,7H2,(H2,16,18)(H,20,21). The van der Waals surface area contributed by atoms with Crippen LogP contribution in [0.4, 0.5) is 0 Å². The predicted molar refractivity (Wildman–Crippen MR) is 76.7 cm³/mol. The third-order valence-corrected chi connectivity index (χ3v) is 3.28. The van der Waals surface area contributed by atoms with Gasteiger partial charge >= 0.3 is 5.97 Å². The molecule has 0 fully saturated rings. The minimum absolute atomic E-state index is 0.0951. The van der Waals surface area contributed by atoms with Gasteiger partial charge in [0, 0.05) is 16.8 Å². The fourth-order valence-corrected chi connectivity index (χ4v) is 2.08. The van der Waals surface area contributed by atoms with Gasteiger partial charge in [-0.2, -0.15) is 0 Å². The number of benzene rings is 1. The molecule has 0 spiro atoms. The average Bonchev–Trinajstić information content (AvgIpc) is 2.42. The Kier molecular flexibility index (Phi) is 4.09. The zero-order valence-electron chi connectivity index (χ0n) is 10.7. The van der Waals surface area contributed by atoms with Gasteiger partial charge in [0.1, 0.15) is 5.56 Å². The molecule has 1 amide bonds. The van der Waals surface area contributed by atoms with Crippen LogP contribution in [-0.2, 0) is 6.54 Å². The average molecular weight is 307 g/mol. The summed E-state index contributed by atoms with van der Waals surface area (Å²) in [5.41, 5.74) is 5.04. The molecule has 2 aromatic rings. The maximum absolute atomic E-state index is 12.0. The van der Waals surface area contributed by atoms with Crippen LogP contribution in [0.2, 0.25) is 5.02 Å². The summed E-state index contributed by atoms with van der Waals surface area (Å²) in [7, 11) is 0. The Morgan fingerprint density at radius 2 is 2.00 bits per heavy atom. The van der Waals surface area contributed by atoms with E-state index in [1.54, 1.807) is 6.07 Å². The van der Waals surface area contributed by atoms with Gasteiger partial charge in [0.05, 0.1) is 6.54 Å². The minimum Gasteiger partial charge on any atom is -0.477 e. The Balaban J connectivity index is 2.39. The van der Waals surface area contributed by atoms with E-state index in [-0.39, 0.29) is 22.7 Å². The number of carbonyl (C=O) groups excluding carboxylic acids is 1. The summed E-state index contributed by atoms with van der Waals surface area (Å²) < 4.78 is 1.23. The maximum Gasteiger partial charge on any atom is 0.341 e. The number of amides is 1. The third-order valence-electron chi connectivity index (χ3n) is 2.93. The monoisotopic (exact) mass is 306 g/mol. The van der Waals surface area contributed by atoms with Crippen LogP contribution in [0.15, 0.2) is 41.3 Å². The number of primary amides is 1. The number of halogens is 1. The van der Waals surface area contributed by atoms with Gasteiger partial charge in [-0.15, -0.1) is 0 Å². The Bertz CT molecular complexity index is 783. The molecule has 0 aliphatic rings. The fraction of sp³-hybridized carbons (Fsp3) is 0.0714. The number of carboxylic acid groups (broad SMARTS) is 1. The second kappa shape index (κ2) is 5.80. The van der Waals surface area contributed by atoms with Crippen molar-refractivity contribution in [1.29, 1.82) is 0 Å². The van der Waals surface area contributed by atoms with Gasteiger partial charge in [-0.05, 0) is 29.8 Å². The van der Waals surface area contributed by atoms with Crippen molar-refractivity contribution in [2.45, 2.75) is 6.54 Å². The molecule has 1 heterocycles. The molecule has 0 aliphatic heterocycles. The van der Waals surface area contributed by atoms with Crippen molar-refractivity contribution in [1.82, 2.24) is 4.57 Å². The summed E-state index contributed by atoms with van der Waals surface area (Å²) in [5.74, 6) is -1.89. The zero-order valence-corrected chi connectivity index (χ0v) is 11.5. The molecular weight excluding hydrogens is 296 g/mol. The second-order valence-corrected chi connectivity index (χ2v) is 4.74. The molecule has 0 radical (unpaired) electrons. The van der Waals surface area contributed by atoms with E-state index in [9.17, 15) is 14.4 Å². The molecule has 0 atom stereocenters. The number of hydrogen-bond donors (Lipinski definition) is 2. The molecule has 108 valence electrons. The fourth-order valence-electron chi connectivity index (χ4n) is 1.84. The number of nitrogens with two attached hydrogens (primary N) is 1. The summed E-state index contributed by atoms with van der Waals surface area (Å²) in [6.07, 6.45) is 1.47. The molecule has 6 nitrogen and oxygen atoms in total. The van der Waals surface area contributed by atoms with E-state index in [4.69, 9.17) is 22.4 Å². The molecular formula is C14H11ClN2O4. The van der Waals surface area contributed by atoms with Gasteiger partial charge in [0.25, 0.3) is 5.56 Å². The van der Waals surface area contributed by atoms with Crippen molar-refractivity contribution in [3.8, 4) is 0 Å². The first-order valence-corrected chi connectivity index (χ1v) is 6.29. The van der Waals surface area contributed by atoms with Crippen LogP contribution >= 0.6 is 11.6 Å². The van der Waals surface area contributed by atoms with Crippen molar-refractivity contribution in [2.75, 3.05) is 0 Å². The molecule has 0 unspecified atom stereocenters. The highest BCUT2D eigenvalue weighted by Crippen LogP contribution is 2.18. The van der Waals surface area contributed by atoms with E-state index >= 15 is 0 Å². The lowest BCUT2D eigenvalue weighted by molar-refractivity contribution is 0.0694. The van der Waals surface area contributed by atoms with Gasteiger partial charge in [-0.3, -0.25) is 9.59 Å². The lowest BCUT2D eigenvalue weighted by Gasteiger charge is -2.09. The number of nitrogens with zero attached hydrogens (tertiary/aromatic N) is 1. The van der Waals surface area contributed by atoms with E-state index in [0.717, 1.165) is 0 Å². The Morgan fingerprint density at radius 3 is 2.57 bits per heavy atom. The van der Waals surface area contributed by atoms with Gasteiger partial charge in [-0.25, -0.2) is 4.79 Å². The van der Waals surface area contributed by atoms with Gasteiger partial charge in [0.2, 0.25) is 5.91 Å². The topological polar surface area (TPSA) is 102 Å². The van der Waals surface area contributed by atoms with Gasteiger partial charge in [-0.1, -0.05) is 17.7 Å². The summed E-state index contributed by atoms with van der Waals surface area (Å²) >= 11 is 6.04. The maximum atomic E-state index is 12.0. The van der Waals surface area contributed by atoms with Crippen LogP contribution in [0, 0.1) is 0 Å². The van der Waals surface area contributed by atoms with Crippen LogP contribution in [0.1, 0.15) is 26.3 Å². The molecule has 2 rings (SSSR count). The quantitative estimate of drug-likeness (QED) is 0.890. The highest BCUT2D eigenvalue weighted by Gasteiger charge is 2.12. The first-order valence-electron chi connectivity index (χ1n) is 5.91. The summed E-state index contributed by atoms with van der Waals surface area (Å²) in [6, 6.07) is 7.18. The van der Waals surface area contributed by atoms with Crippen LogP contribution in [0.25, 0.3) is 0 Å². The summed E-state index contributed by atoms with van der Waals surface area (Å²) in [4.78, 5) is 33.9. The predicted octanol–water partition coefficient (Wildman–Crippen LogP) is 1.35. The Labute approximate surface area is 124 Å². The van der Waals surface area contributed by atoms with Crippen molar-refractivity contribution in [2.24, 2.45) is 5.73 Å². The normalized spacial score (nSPS) is 10.3. The molecule has 0 saturated heterocycles. The van der Waals surface area contributed by atoms with Crippen molar-refractivity contribution in [3.63, 3.8) is 0 Å². The molecule has 0 bridgehead atoms. The number of hydrogen-bond acceptors (Lipinski definition) is 3. The van der Waals surface area contributed by atoms with E-state index in [1.165, 1.54) is 35.0 Å². The van der Waals surface area contributed by atoms with Gasteiger partial charge in [0.15, 0.2) is 0 Å². The Morgan fingerprint density at radius 1 is 1.29 bits per heavy atom. The highest BCUT2D eigenvalue weighted by molar-refractivity contribution is 6.31. The third kappa shape index (κ3) is 3.11. The largest absolute Gasteiger partial charge is 0.477 e. The number of carbonyl (C=O) groups is 2. The molecule has 1 aromatic heterocycles. The minimum atomic E-state index is -1.29. The van der Waals surface area contributed by atoms with E-state index in [1.807, 2.05) is 0 Å². The molecule has 7 heteroatoms. The smallest absolute Gasteiger partial charge is 0.341 e. The molecule has 0 aliphatic carbocycles. The van der Waals surface area contributed by atoms with Crippen LogP contribution in [0.5, 0.6) is 0 Å². The van der Waals surface area contributed by atoms with Crippen molar-refractivity contribution < 1.29 is 14.7 Å². The van der Waals surface area contributed by atoms with Crippen molar-refractivity contribution >= 4 is 23.5 Å². The van der Waals surface area contributed by atoms with Crippen LogP contribution < -0.4 is 11.3 Å². The first kappa shape index (κ1) is 14.8. The first-order chi connectivity index (χ1) is 9.90. The lowest BCUT2D eigenvalue weighted by atomic mass is 10.1. The van der Waals surface area contributed by atoms with E-state index in [2.05, 4.69) is 0 Å². The van der Waals surface area contributed by atoms with E-state index < -0.39 is 17.4 Å². The molecule has 21 heavy (non-hydrogen) atoms. The number of pyridine rings is 1. The summed E-state index contributed by atoms with van der Waals surface area (Å²) in [5, 5.41) is 9.19. The number of carboxylic acids is 1. The molecule has 3 N–H and O–H groups in total. The molecule has 0 saturated carbocycles. The second-order valence-electron chi connectivity index (χ2n) is 4.33. The number of rotatable bonds is 4. The van der Waals surface area contributed by atoms with Crippen LogP contribution in [-0.4, -0.2) is 21.6 Å². The van der Waals surface area contributed by atoms with Crippen LogP contribution in [0.3, 0.4) is 0 Å².